The van der Waals surface area contributed by atoms with Gasteiger partial charge >= 0.3 is 0 Å². The Hall–Kier alpha value is -2.13. The fourth-order valence-corrected chi connectivity index (χ4v) is 2.66. The van der Waals surface area contributed by atoms with Gasteiger partial charge in [0.15, 0.2) is 5.78 Å². The van der Waals surface area contributed by atoms with Gasteiger partial charge in [-0.25, -0.2) is 4.39 Å². The molecule has 2 nitrogen and oxygen atoms in total. The van der Waals surface area contributed by atoms with Crippen molar-refractivity contribution in [1.29, 1.82) is 0 Å². The monoisotopic (exact) mass is 301 g/mol. The van der Waals surface area contributed by atoms with Gasteiger partial charge in [0.2, 0.25) is 0 Å². The van der Waals surface area contributed by atoms with Crippen LogP contribution in [0.25, 0.3) is 10.9 Å². The minimum absolute atomic E-state index is 0.00410. The summed E-state index contributed by atoms with van der Waals surface area (Å²) in [6, 6.07) is 9.84. The van der Waals surface area contributed by atoms with E-state index in [0.717, 1.165) is 16.5 Å². The third-order valence-corrected chi connectivity index (χ3v) is 3.80. The second-order valence-electron chi connectivity index (χ2n) is 5.13. The molecule has 0 unspecified atom stereocenters. The lowest BCUT2D eigenvalue weighted by Gasteiger charge is -2.02. The van der Waals surface area contributed by atoms with Crippen LogP contribution in [0.3, 0.4) is 0 Å². The molecule has 0 amide bonds. The number of hydrogen-bond acceptors (Lipinski definition) is 1. The lowest BCUT2D eigenvalue weighted by atomic mass is 10.0. The molecule has 3 rings (SSSR count). The molecule has 21 heavy (non-hydrogen) atoms. The highest BCUT2D eigenvalue weighted by Gasteiger charge is 2.19. The van der Waals surface area contributed by atoms with Crippen LogP contribution in [-0.4, -0.2) is 10.4 Å². The largest absolute Gasteiger partial charge is 0.350 e. The molecule has 2 aromatic carbocycles. The van der Waals surface area contributed by atoms with Gasteiger partial charge in [-0.15, -0.1) is 0 Å². The first-order chi connectivity index (χ1) is 9.97. The van der Waals surface area contributed by atoms with E-state index in [2.05, 4.69) is 0 Å². The molecule has 0 bridgehead atoms. The number of ketones is 1. The van der Waals surface area contributed by atoms with Gasteiger partial charge in [0, 0.05) is 34.7 Å². The second-order valence-corrected chi connectivity index (χ2v) is 5.56. The number of rotatable bonds is 2. The van der Waals surface area contributed by atoms with Crippen molar-refractivity contribution >= 4 is 28.3 Å². The molecule has 0 aliphatic rings. The van der Waals surface area contributed by atoms with E-state index in [1.165, 1.54) is 18.2 Å². The summed E-state index contributed by atoms with van der Waals surface area (Å²) in [6.45, 7) is 1.99. The van der Waals surface area contributed by atoms with Crippen LogP contribution >= 0.6 is 11.6 Å². The van der Waals surface area contributed by atoms with Crippen molar-refractivity contribution in [3.05, 3.63) is 70.1 Å². The van der Waals surface area contributed by atoms with Crippen LogP contribution in [0.1, 0.15) is 21.5 Å². The van der Waals surface area contributed by atoms with E-state index >= 15 is 0 Å². The zero-order valence-electron chi connectivity index (χ0n) is 11.7. The van der Waals surface area contributed by atoms with Crippen LogP contribution in [0.5, 0.6) is 0 Å². The Kier molecular flexibility index (Phi) is 3.30. The van der Waals surface area contributed by atoms with Crippen molar-refractivity contribution in [3.8, 4) is 0 Å². The number of halogens is 2. The summed E-state index contributed by atoms with van der Waals surface area (Å²) in [4.78, 5) is 12.6. The van der Waals surface area contributed by atoms with Crippen molar-refractivity contribution in [1.82, 2.24) is 4.57 Å². The van der Waals surface area contributed by atoms with Gasteiger partial charge in [-0.2, -0.15) is 0 Å². The average molecular weight is 302 g/mol. The standard InChI is InChI=1S/C17H13ClFNO/c1-10-3-5-12-14(9-20(2)16(12)7-10)17(21)13-8-11(18)4-6-15(13)19/h3-9H,1-2H3. The van der Waals surface area contributed by atoms with E-state index < -0.39 is 5.82 Å². The number of benzene rings is 2. The van der Waals surface area contributed by atoms with Crippen LogP contribution in [0.2, 0.25) is 5.02 Å². The molecule has 0 saturated carbocycles. The number of fused-ring (bicyclic) bond motifs is 1. The van der Waals surface area contributed by atoms with Crippen molar-refractivity contribution < 1.29 is 9.18 Å². The number of hydrogen-bond donors (Lipinski definition) is 0. The number of aryl methyl sites for hydroxylation is 2. The fraction of sp³-hybridized carbons (Fsp3) is 0.118. The molecule has 1 heterocycles. The highest BCUT2D eigenvalue weighted by Crippen LogP contribution is 2.26. The Balaban J connectivity index is 2.21. The molecular formula is C17H13ClFNO. The van der Waals surface area contributed by atoms with E-state index in [9.17, 15) is 9.18 Å². The summed E-state index contributed by atoms with van der Waals surface area (Å²) in [5, 5.41) is 1.16. The minimum Gasteiger partial charge on any atom is -0.350 e. The van der Waals surface area contributed by atoms with Gasteiger partial charge in [0.25, 0.3) is 0 Å². The minimum atomic E-state index is -0.562. The highest BCUT2D eigenvalue weighted by atomic mass is 35.5. The Bertz CT molecular complexity index is 867. The Labute approximate surface area is 126 Å². The Morgan fingerprint density at radius 3 is 2.67 bits per heavy atom. The van der Waals surface area contributed by atoms with Crippen molar-refractivity contribution in [2.75, 3.05) is 0 Å². The number of aromatic nitrogens is 1. The molecule has 0 N–H and O–H groups in total. The molecular weight excluding hydrogens is 289 g/mol. The second kappa shape index (κ2) is 5.01. The smallest absolute Gasteiger partial charge is 0.198 e. The van der Waals surface area contributed by atoms with Gasteiger partial charge in [-0.05, 0) is 36.8 Å². The first-order valence-electron chi connectivity index (χ1n) is 6.53. The molecule has 0 spiro atoms. The quantitative estimate of drug-likeness (QED) is 0.638. The summed E-state index contributed by atoms with van der Waals surface area (Å²) < 4.78 is 15.8. The first-order valence-corrected chi connectivity index (χ1v) is 6.90. The Morgan fingerprint density at radius 2 is 1.90 bits per heavy atom. The van der Waals surface area contributed by atoms with E-state index in [0.29, 0.717) is 10.6 Å². The third kappa shape index (κ3) is 2.34. The van der Waals surface area contributed by atoms with E-state index in [1.54, 1.807) is 6.20 Å². The molecule has 1 aromatic heterocycles. The molecule has 4 heteroatoms. The van der Waals surface area contributed by atoms with Crippen LogP contribution < -0.4 is 0 Å². The maximum atomic E-state index is 13.9. The lowest BCUT2D eigenvalue weighted by molar-refractivity contribution is 0.103. The number of carbonyl (C=O) groups excluding carboxylic acids is 1. The summed E-state index contributed by atoms with van der Waals surface area (Å²) in [6.07, 6.45) is 1.73. The van der Waals surface area contributed by atoms with Crippen molar-refractivity contribution in [2.24, 2.45) is 7.05 Å². The summed E-state index contributed by atoms with van der Waals surface area (Å²) in [5.74, 6) is -0.919. The van der Waals surface area contributed by atoms with Crippen LogP contribution in [-0.2, 0) is 7.05 Å². The van der Waals surface area contributed by atoms with Gasteiger partial charge in [-0.1, -0.05) is 23.7 Å². The molecule has 0 aliphatic heterocycles. The van der Waals surface area contributed by atoms with E-state index in [4.69, 9.17) is 11.6 Å². The molecule has 0 radical (unpaired) electrons. The molecule has 0 atom stereocenters. The van der Waals surface area contributed by atoms with Crippen LogP contribution in [0.4, 0.5) is 4.39 Å². The fourth-order valence-electron chi connectivity index (χ4n) is 2.49. The number of carbonyl (C=O) groups is 1. The van der Waals surface area contributed by atoms with Gasteiger partial charge in [0.05, 0.1) is 5.56 Å². The third-order valence-electron chi connectivity index (χ3n) is 3.56. The molecule has 0 aliphatic carbocycles. The lowest BCUT2D eigenvalue weighted by Crippen LogP contribution is -2.03. The van der Waals surface area contributed by atoms with Crippen LogP contribution in [0.15, 0.2) is 42.6 Å². The normalized spacial score (nSPS) is 11.0. The molecule has 0 fully saturated rings. The number of nitrogens with zero attached hydrogens (tertiary/aromatic N) is 1. The average Bonchev–Trinajstić information content (AvgIpc) is 2.78. The summed E-state index contributed by atoms with van der Waals surface area (Å²) in [5.41, 5.74) is 2.53. The highest BCUT2D eigenvalue weighted by molar-refractivity contribution is 6.31. The van der Waals surface area contributed by atoms with Gasteiger partial charge < -0.3 is 4.57 Å². The first kappa shape index (κ1) is 13.8. The topological polar surface area (TPSA) is 22.0 Å². The Morgan fingerprint density at radius 1 is 1.14 bits per heavy atom. The molecule has 0 saturated heterocycles. The zero-order chi connectivity index (χ0) is 15.1. The molecule has 3 aromatic rings. The van der Waals surface area contributed by atoms with Crippen LogP contribution in [0, 0.1) is 12.7 Å². The SMILES string of the molecule is Cc1ccc2c(C(=O)c3cc(Cl)ccc3F)cn(C)c2c1. The maximum Gasteiger partial charge on any atom is 0.198 e. The summed E-state index contributed by atoms with van der Waals surface area (Å²) >= 11 is 5.87. The van der Waals surface area contributed by atoms with Crippen molar-refractivity contribution in [2.45, 2.75) is 6.92 Å². The predicted molar refractivity (Wildman–Crippen MR) is 82.5 cm³/mol. The summed E-state index contributed by atoms with van der Waals surface area (Å²) in [7, 11) is 1.87. The zero-order valence-corrected chi connectivity index (χ0v) is 12.4. The van der Waals surface area contributed by atoms with Gasteiger partial charge in [0.1, 0.15) is 5.82 Å². The van der Waals surface area contributed by atoms with E-state index in [1.807, 2.05) is 36.7 Å². The van der Waals surface area contributed by atoms with Gasteiger partial charge in [-0.3, -0.25) is 4.79 Å². The van der Waals surface area contributed by atoms with E-state index in [-0.39, 0.29) is 11.3 Å². The predicted octanol–water partition coefficient (Wildman–Crippen LogP) is 4.51. The molecule has 106 valence electrons. The maximum absolute atomic E-state index is 13.9. The van der Waals surface area contributed by atoms with Crippen molar-refractivity contribution in [3.63, 3.8) is 0 Å².